The van der Waals surface area contributed by atoms with Gasteiger partial charge in [-0.1, -0.05) is 24.3 Å². The first-order valence-electron chi connectivity index (χ1n) is 7.66. The molecule has 1 atom stereocenters. The van der Waals surface area contributed by atoms with Crippen LogP contribution in [0.2, 0.25) is 0 Å². The number of carbonyl (C=O) groups is 1. The van der Waals surface area contributed by atoms with E-state index in [0.29, 0.717) is 0 Å². The molecule has 2 aromatic rings. The SMILES string of the molecule is CC(C)(Oc1cc(C(=O)[O-])ccc1F)C1CCc2ccccc21. The maximum absolute atomic E-state index is 14.0. The van der Waals surface area contributed by atoms with Gasteiger partial charge in [0.1, 0.15) is 5.60 Å². The average molecular weight is 313 g/mol. The van der Waals surface area contributed by atoms with Gasteiger partial charge in [-0.15, -0.1) is 0 Å². The van der Waals surface area contributed by atoms with E-state index in [1.807, 2.05) is 26.0 Å². The van der Waals surface area contributed by atoms with E-state index in [1.54, 1.807) is 0 Å². The van der Waals surface area contributed by atoms with E-state index in [0.717, 1.165) is 18.9 Å². The van der Waals surface area contributed by atoms with E-state index in [-0.39, 0.29) is 17.2 Å². The number of carboxylic acid groups (broad SMARTS) is 1. The Hall–Kier alpha value is -2.36. The number of ether oxygens (including phenoxy) is 1. The van der Waals surface area contributed by atoms with E-state index in [9.17, 15) is 14.3 Å². The smallest absolute Gasteiger partial charge is 0.165 e. The normalized spacial score (nSPS) is 16.9. The molecular weight excluding hydrogens is 295 g/mol. The topological polar surface area (TPSA) is 49.4 Å². The molecule has 0 saturated heterocycles. The molecule has 1 aliphatic carbocycles. The minimum absolute atomic E-state index is 0.0546. The molecule has 0 bridgehead atoms. The van der Waals surface area contributed by atoms with Crippen molar-refractivity contribution in [3.63, 3.8) is 0 Å². The van der Waals surface area contributed by atoms with Crippen molar-refractivity contribution >= 4 is 5.97 Å². The summed E-state index contributed by atoms with van der Waals surface area (Å²) >= 11 is 0. The number of hydrogen-bond acceptors (Lipinski definition) is 3. The summed E-state index contributed by atoms with van der Waals surface area (Å²) in [5, 5.41) is 11.0. The molecule has 0 spiro atoms. The Balaban J connectivity index is 1.90. The molecule has 23 heavy (non-hydrogen) atoms. The second-order valence-corrected chi connectivity index (χ2v) is 6.43. The van der Waals surface area contributed by atoms with Gasteiger partial charge in [-0.2, -0.15) is 0 Å². The van der Waals surface area contributed by atoms with Gasteiger partial charge >= 0.3 is 0 Å². The highest BCUT2D eigenvalue weighted by atomic mass is 19.1. The lowest BCUT2D eigenvalue weighted by Crippen LogP contribution is -2.35. The number of carboxylic acids is 1. The Labute approximate surface area is 134 Å². The van der Waals surface area contributed by atoms with Crippen LogP contribution in [0.25, 0.3) is 0 Å². The molecule has 0 radical (unpaired) electrons. The molecule has 0 aromatic heterocycles. The van der Waals surface area contributed by atoms with Crippen LogP contribution < -0.4 is 9.84 Å². The largest absolute Gasteiger partial charge is 0.545 e. The van der Waals surface area contributed by atoms with Crippen LogP contribution in [0.4, 0.5) is 4.39 Å². The second kappa shape index (κ2) is 5.69. The van der Waals surface area contributed by atoms with Gasteiger partial charge in [0.2, 0.25) is 0 Å². The number of rotatable bonds is 4. The van der Waals surface area contributed by atoms with Gasteiger partial charge < -0.3 is 14.6 Å². The summed E-state index contributed by atoms with van der Waals surface area (Å²) in [5.41, 5.74) is 1.76. The monoisotopic (exact) mass is 313 g/mol. The molecule has 4 heteroatoms. The summed E-state index contributed by atoms with van der Waals surface area (Å²) in [6.45, 7) is 3.82. The minimum Gasteiger partial charge on any atom is -0.545 e. The molecule has 0 fully saturated rings. The lowest BCUT2D eigenvalue weighted by Gasteiger charge is -2.33. The van der Waals surface area contributed by atoms with Crippen LogP contribution in [-0.4, -0.2) is 11.6 Å². The summed E-state index contributed by atoms with van der Waals surface area (Å²) < 4.78 is 19.9. The first-order valence-corrected chi connectivity index (χ1v) is 7.66. The number of aryl methyl sites for hydroxylation is 1. The number of halogens is 1. The molecule has 3 rings (SSSR count). The lowest BCUT2D eigenvalue weighted by molar-refractivity contribution is -0.255. The molecule has 3 nitrogen and oxygen atoms in total. The van der Waals surface area contributed by atoms with Gasteiger partial charge in [-0.25, -0.2) is 4.39 Å². The number of hydrogen-bond donors (Lipinski definition) is 0. The first-order chi connectivity index (χ1) is 10.9. The van der Waals surface area contributed by atoms with Gasteiger partial charge in [0.25, 0.3) is 0 Å². The highest BCUT2D eigenvalue weighted by Gasteiger charge is 2.37. The summed E-state index contributed by atoms with van der Waals surface area (Å²) in [7, 11) is 0. The van der Waals surface area contributed by atoms with E-state index in [4.69, 9.17) is 4.74 Å². The standard InChI is InChI=1S/C19H19FO3/c1-19(2,15-9-7-12-5-3-4-6-14(12)15)23-17-11-13(18(21)22)8-10-16(17)20/h3-6,8,10-11,15H,7,9H2,1-2H3,(H,21,22)/p-1. The zero-order valence-corrected chi connectivity index (χ0v) is 13.1. The van der Waals surface area contributed by atoms with Crippen molar-refractivity contribution in [2.75, 3.05) is 0 Å². The van der Waals surface area contributed by atoms with E-state index in [1.165, 1.54) is 23.3 Å². The van der Waals surface area contributed by atoms with Crippen LogP contribution >= 0.6 is 0 Å². The van der Waals surface area contributed by atoms with Gasteiger partial charge in [0.05, 0.1) is 5.97 Å². The van der Waals surface area contributed by atoms with Gasteiger partial charge in [-0.3, -0.25) is 0 Å². The third-order valence-electron chi connectivity index (χ3n) is 4.51. The number of aromatic carboxylic acids is 1. The molecule has 0 aliphatic heterocycles. The molecule has 1 unspecified atom stereocenters. The van der Waals surface area contributed by atoms with Crippen LogP contribution in [0.15, 0.2) is 42.5 Å². The van der Waals surface area contributed by atoms with E-state index in [2.05, 4.69) is 12.1 Å². The van der Waals surface area contributed by atoms with Gasteiger partial charge in [0, 0.05) is 11.5 Å². The molecule has 0 heterocycles. The summed E-state index contributed by atoms with van der Waals surface area (Å²) in [6.07, 6.45) is 1.89. The lowest BCUT2D eigenvalue weighted by atomic mass is 9.85. The number of benzene rings is 2. The van der Waals surface area contributed by atoms with E-state index >= 15 is 0 Å². The number of carbonyl (C=O) groups excluding carboxylic acids is 1. The quantitative estimate of drug-likeness (QED) is 0.871. The van der Waals surface area contributed by atoms with Crippen molar-refractivity contribution in [2.24, 2.45) is 0 Å². The predicted molar refractivity (Wildman–Crippen MR) is 82.9 cm³/mol. The van der Waals surface area contributed by atoms with Crippen LogP contribution in [0.5, 0.6) is 5.75 Å². The number of fused-ring (bicyclic) bond motifs is 1. The van der Waals surface area contributed by atoms with Crippen molar-refractivity contribution in [1.29, 1.82) is 0 Å². The summed E-state index contributed by atoms with van der Waals surface area (Å²) in [4.78, 5) is 11.0. The van der Waals surface area contributed by atoms with Crippen LogP contribution in [0, 0.1) is 5.82 Å². The van der Waals surface area contributed by atoms with E-state index < -0.39 is 17.4 Å². The fourth-order valence-corrected chi connectivity index (χ4v) is 3.34. The molecule has 0 saturated carbocycles. The average Bonchev–Trinajstić information content (AvgIpc) is 2.94. The van der Waals surface area contributed by atoms with Crippen LogP contribution in [-0.2, 0) is 6.42 Å². The Morgan fingerprint density at radius 3 is 2.74 bits per heavy atom. The Morgan fingerprint density at radius 2 is 2.00 bits per heavy atom. The molecule has 120 valence electrons. The Kier molecular flexibility index (Phi) is 3.84. The van der Waals surface area contributed by atoms with Gasteiger partial charge in [0.15, 0.2) is 11.6 Å². The fraction of sp³-hybridized carbons (Fsp3) is 0.316. The van der Waals surface area contributed by atoms with Crippen molar-refractivity contribution in [1.82, 2.24) is 0 Å². The predicted octanol–water partition coefficient (Wildman–Crippen LogP) is 3.08. The van der Waals surface area contributed by atoms with Gasteiger partial charge in [-0.05, 0) is 56.0 Å². The first kappa shape index (κ1) is 15.5. The summed E-state index contributed by atoms with van der Waals surface area (Å²) in [6, 6.07) is 11.6. The van der Waals surface area contributed by atoms with Crippen LogP contribution in [0.3, 0.4) is 0 Å². The van der Waals surface area contributed by atoms with Crippen molar-refractivity contribution < 1.29 is 19.0 Å². The molecule has 1 aliphatic rings. The molecular formula is C19H18FO3-. The molecule has 0 amide bonds. The van der Waals surface area contributed by atoms with Crippen LogP contribution in [0.1, 0.15) is 47.7 Å². The van der Waals surface area contributed by atoms with Crippen molar-refractivity contribution in [3.05, 3.63) is 65.0 Å². The maximum atomic E-state index is 14.0. The second-order valence-electron chi connectivity index (χ2n) is 6.43. The van der Waals surface area contributed by atoms with Crippen molar-refractivity contribution in [2.45, 2.75) is 38.2 Å². The third kappa shape index (κ3) is 2.93. The Bertz CT molecular complexity index is 752. The highest BCUT2D eigenvalue weighted by molar-refractivity contribution is 5.86. The Morgan fingerprint density at radius 1 is 1.26 bits per heavy atom. The third-order valence-corrected chi connectivity index (χ3v) is 4.51. The highest BCUT2D eigenvalue weighted by Crippen LogP contribution is 2.42. The molecule has 2 aromatic carbocycles. The zero-order chi connectivity index (χ0) is 16.6. The summed E-state index contributed by atoms with van der Waals surface area (Å²) in [5.74, 6) is -1.85. The maximum Gasteiger partial charge on any atom is 0.165 e. The van der Waals surface area contributed by atoms with Crippen molar-refractivity contribution in [3.8, 4) is 5.75 Å². The fourth-order valence-electron chi connectivity index (χ4n) is 3.34. The minimum atomic E-state index is -1.35. The zero-order valence-electron chi connectivity index (χ0n) is 13.1. The molecule has 0 N–H and O–H groups in total.